The van der Waals surface area contributed by atoms with Crippen molar-refractivity contribution >= 4 is 28.4 Å². The molecule has 0 atom stereocenters. The van der Waals surface area contributed by atoms with E-state index in [0.29, 0.717) is 44.4 Å². The molecule has 3 N–H and O–H groups in total. The number of carbonyl (C=O) groups excluding carboxylic acids is 1. The van der Waals surface area contributed by atoms with Crippen molar-refractivity contribution < 1.29 is 31.5 Å². The van der Waals surface area contributed by atoms with Gasteiger partial charge in [-0.15, -0.1) is 0 Å². The summed E-state index contributed by atoms with van der Waals surface area (Å²) in [4.78, 5) is 22.2. The van der Waals surface area contributed by atoms with Crippen LogP contribution in [0.1, 0.15) is 42.9 Å². The average Bonchev–Trinajstić information content (AvgIpc) is 3.55. The summed E-state index contributed by atoms with van der Waals surface area (Å²) in [6.45, 7) is 5.96. The lowest BCUT2D eigenvalue weighted by Crippen LogP contribution is -2.15. The molecule has 0 saturated carbocycles. The fourth-order valence-corrected chi connectivity index (χ4v) is 5.53. The summed E-state index contributed by atoms with van der Waals surface area (Å²) in [5, 5.41) is 5.91. The van der Waals surface area contributed by atoms with Gasteiger partial charge in [0.05, 0.1) is 23.2 Å². The highest BCUT2D eigenvalue weighted by Crippen LogP contribution is 2.39. The van der Waals surface area contributed by atoms with Crippen molar-refractivity contribution in [2.75, 3.05) is 17.7 Å². The van der Waals surface area contributed by atoms with Crippen molar-refractivity contribution in [3.8, 4) is 28.3 Å². The molecule has 0 spiro atoms. The first-order valence-corrected chi connectivity index (χ1v) is 14.5. The van der Waals surface area contributed by atoms with Crippen LogP contribution < -0.4 is 15.8 Å². The summed E-state index contributed by atoms with van der Waals surface area (Å²) in [6, 6.07) is 4.92. The van der Waals surface area contributed by atoms with Crippen molar-refractivity contribution in [2.45, 2.75) is 33.0 Å². The molecule has 1 amide bonds. The van der Waals surface area contributed by atoms with E-state index < -0.39 is 35.0 Å². The molecule has 0 aliphatic carbocycles. The number of aryl methyl sites for hydroxylation is 1. The third kappa shape index (κ3) is 5.01. The number of nitrogens with zero attached hydrogens (tertiary/aromatic N) is 7. The van der Waals surface area contributed by atoms with Gasteiger partial charge in [-0.05, 0) is 39.0 Å². The molecule has 4 aromatic heterocycles. The van der Waals surface area contributed by atoms with Crippen molar-refractivity contribution in [1.82, 2.24) is 33.1 Å². The van der Waals surface area contributed by atoms with E-state index in [1.165, 1.54) is 12.4 Å². The molecule has 6 heterocycles. The highest BCUT2D eigenvalue weighted by atomic mass is 19.4. The van der Waals surface area contributed by atoms with Gasteiger partial charge in [-0.1, -0.05) is 0 Å². The number of alkyl halides is 3. The number of anilines is 2. The van der Waals surface area contributed by atoms with Crippen LogP contribution in [0.25, 0.3) is 33.5 Å². The molecule has 5 aromatic rings. The Morgan fingerprint density at radius 2 is 1.85 bits per heavy atom. The minimum absolute atomic E-state index is 0.115. The lowest BCUT2D eigenvalue weighted by Gasteiger charge is -2.14. The molecule has 12 nitrogen and oxygen atoms in total. The van der Waals surface area contributed by atoms with Crippen molar-refractivity contribution in [3.05, 3.63) is 83.5 Å². The number of fused-ring (bicyclic) bond motifs is 3. The van der Waals surface area contributed by atoms with Crippen LogP contribution in [0.2, 0.25) is 0 Å². The van der Waals surface area contributed by atoms with Crippen LogP contribution in [0.4, 0.5) is 29.1 Å². The molecule has 0 unspecified atom stereocenters. The van der Waals surface area contributed by atoms with Crippen molar-refractivity contribution in [3.63, 3.8) is 0 Å². The van der Waals surface area contributed by atoms with Crippen LogP contribution in [-0.2, 0) is 13.2 Å². The van der Waals surface area contributed by atoms with E-state index in [9.17, 15) is 18.0 Å². The number of amides is 1. The van der Waals surface area contributed by atoms with E-state index in [-0.39, 0.29) is 24.0 Å². The Balaban J connectivity index is 1.33. The van der Waals surface area contributed by atoms with Crippen molar-refractivity contribution in [1.29, 1.82) is 0 Å². The second-order valence-electron chi connectivity index (χ2n) is 11.2. The number of benzene rings is 1. The van der Waals surface area contributed by atoms with Crippen molar-refractivity contribution in [2.24, 2.45) is 7.05 Å². The molecule has 47 heavy (non-hydrogen) atoms. The topological polar surface area (TPSA) is 135 Å². The highest BCUT2D eigenvalue weighted by Gasteiger charge is 2.35. The van der Waals surface area contributed by atoms with Crippen LogP contribution in [0.3, 0.4) is 0 Å². The first kappa shape index (κ1) is 29.9. The fourth-order valence-electron chi connectivity index (χ4n) is 5.53. The summed E-state index contributed by atoms with van der Waals surface area (Å²) in [7, 11) is 1.09. The van der Waals surface area contributed by atoms with E-state index >= 15 is 4.39 Å². The van der Waals surface area contributed by atoms with E-state index in [1.54, 1.807) is 23.7 Å². The Hall–Kier alpha value is -5.80. The number of nitrogens with two attached hydrogens (primary N) is 1. The van der Waals surface area contributed by atoms with Gasteiger partial charge in [0.2, 0.25) is 0 Å². The predicted octanol–water partition coefficient (Wildman–Crippen LogP) is 6.14. The first-order chi connectivity index (χ1) is 22.3. The fraction of sp³-hybridized carbons (Fsp3) is 0.226. The van der Waals surface area contributed by atoms with Gasteiger partial charge < -0.3 is 29.2 Å². The summed E-state index contributed by atoms with van der Waals surface area (Å²) >= 11 is 0. The number of nitrogen functional groups attached to an aromatic ring is 1. The van der Waals surface area contributed by atoms with Gasteiger partial charge in [-0.3, -0.25) is 18.9 Å². The summed E-state index contributed by atoms with van der Waals surface area (Å²) < 4.78 is 73.1. The molecule has 7 rings (SSSR count). The molecule has 0 bridgehead atoms. The molecular formula is C31H27F4N9O3. The third-order valence-corrected chi connectivity index (χ3v) is 7.75. The molecule has 0 saturated heterocycles. The number of pyridine rings is 1. The van der Waals surface area contributed by atoms with E-state index in [2.05, 4.69) is 20.4 Å². The van der Waals surface area contributed by atoms with Crippen LogP contribution in [0, 0.1) is 16.9 Å². The smallest absolute Gasteiger partial charge is 0.433 e. The molecule has 0 radical (unpaired) electrons. The first-order valence-electron chi connectivity index (χ1n) is 14.5. The van der Waals surface area contributed by atoms with Gasteiger partial charge in [0.1, 0.15) is 35.0 Å². The summed E-state index contributed by atoms with van der Waals surface area (Å²) in [5.74, 6) is -2.25. The number of halogens is 4. The van der Waals surface area contributed by atoms with Crippen LogP contribution in [0.15, 0.2) is 59.8 Å². The molecule has 242 valence electrons. The zero-order valence-electron chi connectivity index (χ0n) is 25.4. The van der Waals surface area contributed by atoms with Gasteiger partial charge in [0.15, 0.2) is 5.82 Å². The normalized spacial score (nSPS) is 12.3. The Labute approximate surface area is 262 Å². The SMILES string of the molecule is CCOc1cc(C(=O)Nc2cc(C(F)(F)F)n(C)n2)c(F)cc1-c1ncn2ccnc(-c3cn4c5oc=5n(C(C)C)cc4cc3N)c12. The van der Waals surface area contributed by atoms with Crippen LogP contribution in [0.5, 0.6) is 5.75 Å². The minimum Gasteiger partial charge on any atom is -0.493 e. The Morgan fingerprint density at radius 3 is 2.55 bits per heavy atom. The van der Waals surface area contributed by atoms with Crippen LogP contribution >= 0.6 is 0 Å². The molecule has 1 aromatic carbocycles. The van der Waals surface area contributed by atoms with E-state index in [0.717, 1.165) is 24.2 Å². The maximum atomic E-state index is 15.7. The number of imidazole rings is 1. The number of hydrogen-bond acceptors (Lipinski definition) is 7. The molecule has 2 aliphatic heterocycles. The Morgan fingerprint density at radius 1 is 1.09 bits per heavy atom. The Bertz CT molecular complexity index is 2390. The van der Waals surface area contributed by atoms with Crippen LogP contribution in [-0.4, -0.2) is 45.6 Å². The van der Waals surface area contributed by atoms with E-state index in [1.807, 2.05) is 41.3 Å². The van der Waals surface area contributed by atoms with Gasteiger partial charge in [0.25, 0.3) is 17.0 Å². The number of aromatic nitrogens is 7. The van der Waals surface area contributed by atoms with Gasteiger partial charge in [-0.2, -0.15) is 18.3 Å². The predicted molar refractivity (Wildman–Crippen MR) is 162 cm³/mol. The second-order valence-corrected chi connectivity index (χ2v) is 11.2. The number of nitrogens with one attached hydrogen (secondary N) is 1. The zero-order valence-corrected chi connectivity index (χ0v) is 25.4. The third-order valence-electron chi connectivity index (χ3n) is 7.75. The quantitative estimate of drug-likeness (QED) is 0.198. The summed E-state index contributed by atoms with van der Waals surface area (Å²) in [5.41, 5.74) is 9.71. The second kappa shape index (κ2) is 10.6. The minimum atomic E-state index is -4.69. The molecule has 0 fully saturated rings. The maximum Gasteiger partial charge on any atom is 0.433 e. The largest absolute Gasteiger partial charge is 0.493 e. The number of rotatable bonds is 7. The number of hydrogen-bond donors (Lipinski definition) is 2. The summed E-state index contributed by atoms with van der Waals surface area (Å²) in [6.07, 6.45) is 3.87. The highest BCUT2D eigenvalue weighted by molar-refractivity contribution is 6.05. The average molecular weight is 650 g/mol. The van der Waals surface area contributed by atoms with Gasteiger partial charge >= 0.3 is 6.18 Å². The number of ether oxygens (including phenoxy) is 1. The zero-order chi connectivity index (χ0) is 33.4. The lowest BCUT2D eigenvalue weighted by atomic mass is 10.0. The standard InChI is InChI=1S/C31H27F4N9O3/c1-5-46-22-10-17(28(45)39-24-11-23(31(33,34)35)41(4)40-24)20(32)9-18(22)25-27-26(37-6-7-42(27)14-38-25)19-13-44-16(8-21(19)36)12-43(15(2)3)29-30(44)47-29/h6-15H,5,36H2,1-4H3,(H,39,40,45). The van der Waals surface area contributed by atoms with Gasteiger partial charge in [-0.25, -0.2) is 9.37 Å². The maximum absolute atomic E-state index is 15.7. The lowest BCUT2D eigenvalue weighted by molar-refractivity contribution is -0.143. The molecular weight excluding hydrogens is 622 g/mol. The van der Waals surface area contributed by atoms with E-state index in [4.69, 9.17) is 14.9 Å². The molecule has 16 heteroatoms. The van der Waals surface area contributed by atoms with Gasteiger partial charge in [0, 0.05) is 60.8 Å². The molecule has 2 aliphatic rings. The monoisotopic (exact) mass is 649 g/mol. The Kier molecular flexibility index (Phi) is 6.76. The number of carbonyl (C=O) groups is 1.